The molecule has 0 fully saturated rings. The lowest BCUT2D eigenvalue weighted by Crippen LogP contribution is -2.37. The minimum Gasteiger partial charge on any atom is -0.325 e. The summed E-state index contributed by atoms with van der Waals surface area (Å²) >= 11 is 0. The highest BCUT2D eigenvalue weighted by Crippen LogP contribution is 2.31. The van der Waals surface area contributed by atoms with Crippen LogP contribution < -0.4 is 11.2 Å². The molecule has 5 nitrogen and oxygen atoms in total. The van der Waals surface area contributed by atoms with E-state index in [4.69, 9.17) is 0 Å². The Balaban J connectivity index is 1.92. The maximum atomic E-state index is 13.3. The van der Waals surface area contributed by atoms with Crippen molar-refractivity contribution < 1.29 is 0 Å². The van der Waals surface area contributed by atoms with E-state index in [1.807, 2.05) is 18.2 Å². The molecule has 0 aromatic heterocycles. The fourth-order valence-electron chi connectivity index (χ4n) is 5.13. The predicted molar refractivity (Wildman–Crippen MR) is 130 cm³/mol. The quantitative estimate of drug-likeness (QED) is 0.571. The molecule has 2 bridgehead atoms. The molecule has 2 aliphatic heterocycles. The molecule has 0 radical (unpaired) electrons. The Kier molecular flexibility index (Phi) is 7.23. The third kappa shape index (κ3) is 4.72. The van der Waals surface area contributed by atoms with Crippen molar-refractivity contribution in [3.05, 3.63) is 73.6 Å². The first-order chi connectivity index (χ1) is 15.6. The van der Waals surface area contributed by atoms with Crippen molar-refractivity contribution >= 4 is 0 Å². The van der Waals surface area contributed by atoms with Crippen LogP contribution in [0, 0.1) is 6.92 Å². The van der Waals surface area contributed by atoms with Gasteiger partial charge in [0.2, 0.25) is 0 Å². The lowest BCUT2D eigenvalue weighted by atomic mass is 9.92. The van der Waals surface area contributed by atoms with E-state index in [1.165, 1.54) is 63.3 Å². The largest absolute Gasteiger partial charge is 0.352 e. The molecule has 0 unspecified atom stereocenters. The highest BCUT2D eigenvalue weighted by molar-refractivity contribution is 5.64. The Morgan fingerprint density at radius 3 is 2.09 bits per heavy atom. The number of hydrogen-bond acceptors (Lipinski definition) is 3. The average Bonchev–Trinajstić information content (AvgIpc) is 2.79. The van der Waals surface area contributed by atoms with Crippen LogP contribution in [0.2, 0.25) is 0 Å². The van der Waals surface area contributed by atoms with Gasteiger partial charge in [0, 0.05) is 19.3 Å². The third-order valence-corrected chi connectivity index (χ3v) is 7.02. The zero-order chi connectivity index (χ0) is 22.5. The second-order valence-corrected chi connectivity index (χ2v) is 9.26. The molecule has 4 rings (SSSR count). The molecule has 0 atom stereocenters. The summed E-state index contributed by atoms with van der Waals surface area (Å²) in [5.74, 6) is 0.560. The van der Waals surface area contributed by atoms with Crippen LogP contribution in [0.4, 0.5) is 0 Å². The van der Waals surface area contributed by atoms with E-state index in [2.05, 4.69) is 28.6 Å². The van der Waals surface area contributed by atoms with Crippen LogP contribution in [-0.4, -0.2) is 14.1 Å². The fraction of sp³-hybridized carbons (Fsp3) is 0.519. The van der Waals surface area contributed by atoms with Gasteiger partial charge in [0.05, 0.1) is 5.56 Å². The number of aromatic nitrogens is 3. The maximum absolute atomic E-state index is 13.3. The molecule has 3 aliphatic rings. The van der Waals surface area contributed by atoms with E-state index < -0.39 is 5.69 Å². The predicted octanol–water partition coefficient (Wildman–Crippen LogP) is 5.01. The second kappa shape index (κ2) is 10.3. The van der Waals surface area contributed by atoms with Gasteiger partial charge in [-0.25, -0.2) is 4.79 Å². The summed E-state index contributed by atoms with van der Waals surface area (Å²) in [6.07, 6.45) is 12.9. The number of fused-ring (bicyclic) bond motifs is 4. The van der Waals surface area contributed by atoms with Crippen LogP contribution in [0.15, 0.2) is 39.9 Å². The van der Waals surface area contributed by atoms with Crippen molar-refractivity contribution in [1.82, 2.24) is 14.1 Å². The number of benzene rings is 1. The van der Waals surface area contributed by atoms with E-state index in [1.54, 1.807) is 0 Å². The molecule has 5 heteroatoms. The molecule has 0 saturated heterocycles. The first-order valence-corrected chi connectivity index (χ1v) is 12.2. The fourth-order valence-corrected chi connectivity index (χ4v) is 5.13. The molecule has 1 aliphatic carbocycles. The Bertz CT molecular complexity index is 1140. The second-order valence-electron chi connectivity index (χ2n) is 9.26. The SMILES string of the molecule is Cc1c2c3c(=O)n(C)c(=O)nc-3n(Cc3ccccc3)c1CCCCCCCCCCC2. The summed E-state index contributed by atoms with van der Waals surface area (Å²) in [5, 5.41) is 0. The van der Waals surface area contributed by atoms with Crippen molar-refractivity contribution in [3.63, 3.8) is 0 Å². The number of hydrogen-bond donors (Lipinski definition) is 0. The highest BCUT2D eigenvalue weighted by Gasteiger charge is 2.25. The van der Waals surface area contributed by atoms with Crippen molar-refractivity contribution in [1.29, 1.82) is 0 Å². The lowest BCUT2D eigenvalue weighted by molar-refractivity contribution is 0.547. The normalized spacial score (nSPS) is 16.1. The van der Waals surface area contributed by atoms with Gasteiger partial charge in [-0.3, -0.25) is 9.36 Å². The molecule has 0 amide bonds. The number of nitrogens with zero attached hydrogens (tertiary/aromatic N) is 3. The maximum Gasteiger partial charge on any atom is 0.352 e. The molecular formula is C27H35N3O2. The summed E-state index contributed by atoms with van der Waals surface area (Å²) < 4.78 is 3.31. The molecule has 170 valence electrons. The summed E-state index contributed by atoms with van der Waals surface area (Å²) in [7, 11) is 1.54. The van der Waals surface area contributed by atoms with Gasteiger partial charge in [-0.05, 0) is 49.3 Å². The molecule has 0 spiro atoms. The Morgan fingerprint density at radius 2 is 1.44 bits per heavy atom. The van der Waals surface area contributed by atoms with Gasteiger partial charge in [-0.15, -0.1) is 0 Å². The summed E-state index contributed by atoms with van der Waals surface area (Å²) in [4.78, 5) is 30.3. The average molecular weight is 434 g/mol. The summed E-state index contributed by atoms with van der Waals surface area (Å²) in [6.45, 7) is 2.79. The monoisotopic (exact) mass is 433 g/mol. The first-order valence-electron chi connectivity index (χ1n) is 12.2. The van der Waals surface area contributed by atoms with Crippen molar-refractivity contribution in [2.75, 3.05) is 0 Å². The standard InChI is InChI=1S/C27H35N3O2/c1-20-22-17-13-8-6-4-3-5-7-9-14-18-23(20)30(19-21-15-11-10-12-16-21)25-24(22)26(31)29(2)27(32)28-25/h10-12,15-16H,3-9,13-14,17-19H2,1-2H3. The zero-order valence-corrected chi connectivity index (χ0v) is 19.5. The summed E-state index contributed by atoms with van der Waals surface area (Å²) in [5.41, 5.74) is 4.64. The minimum absolute atomic E-state index is 0.215. The van der Waals surface area contributed by atoms with Crippen LogP contribution in [0.25, 0.3) is 11.4 Å². The van der Waals surface area contributed by atoms with Gasteiger partial charge in [0.1, 0.15) is 0 Å². The van der Waals surface area contributed by atoms with Crippen LogP contribution in [-0.2, 0) is 26.4 Å². The highest BCUT2D eigenvalue weighted by atomic mass is 16.2. The van der Waals surface area contributed by atoms with Crippen molar-refractivity contribution in [3.8, 4) is 11.4 Å². The van der Waals surface area contributed by atoms with E-state index in [9.17, 15) is 9.59 Å². The van der Waals surface area contributed by atoms with Gasteiger partial charge in [0.15, 0.2) is 5.82 Å². The van der Waals surface area contributed by atoms with Gasteiger partial charge >= 0.3 is 5.69 Å². The molecule has 32 heavy (non-hydrogen) atoms. The zero-order valence-electron chi connectivity index (χ0n) is 19.5. The first kappa shape index (κ1) is 22.5. The number of pyridine rings is 1. The molecular weight excluding hydrogens is 398 g/mol. The molecule has 0 N–H and O–H groups in total. The van der Waals surface area contributed by atoms with Crippen LogP contribution >= 0.6 is 0 Å². The van der Waals surface area contributed by atoms with E-state index >= 15 is 0 Å². The minimum atomic E-state index is -0.473. The van der Waals surface area contributed by atoms with E-state index in [0.717, 1.165) is 41.4 Å². The summed E-state index contributed by atoms with van der Waals surface area (Å²) in [6, 6.07) is 10.3. The Morgan fingerprint density at radius 1 is 0.844 bits per heavy atom. The molecule has 0 saturated carbocycles. The lowest BCUT2D eigenvalue weighted by Gasteiger charge is -2.26. The molecule has 2 heterocycles. The smallest absolute Gasteiger partial charge is 0.325 e. The molecule has 1 aromatic rings. The molecule has 1 aromatic carbocycles. The van der Waals surface area contributed by atoms with E-state index in [-0.39, 0.29) is 5.56 Å². The third-order valence-electron chi connectivity index (χ3n) is 7.02. The topological polar surface area (TPSA) is 56.9 Å². The van der Waals surface area contributed by atoms with Gasteiger partial charge in [-0.2, -0.15) is 4.98 Å². The van der Waals surface area contributed by atoms with Gasteiger partial charge in [0.25, 0.3) is 5.56 Å². The Hall–Kier alpha value is -2.69. The van der Waals surface area contributed by atoms with Crippen LogP contribution in [0.3, 0.4) is 0 Å². The van der Waals surface area contributed by atoms with Gasteiger partial charge < -0.3 is 4.57 Å². The van der Waals surface area contributed by atoms with Crippen molar-refractivity contribution in [2.24, 2.45) is 7.05 Å². The van der Waals surface area contributed by atoms with Crippen LogP contribution in [0.1, 0.15) is 80.2 Å². The van der Waals surface area contributed by atoms with Crippen LogP contribution in [0.5, 0.6) is 0 Å². The number of rotatable bonds is 2. The Labute approximate surface area is 190 Å². The van der Waals surface area contributed by atoms with Crippen molar-refractivity contribution in [2.45, 2.75) is 84.1 Å². The van der Waals surface area contributed by atoms with Gasteiger partial charge in [-0.1, -0.05) is 75.3 Å². The van der Waals surface area contributed by atoms with E-state index in [0.29, 0.717) is 17.9 Å².